The summed E-state index contributed by atoms with van der Waals surface area (Å²) in [6, 6.07) is 9.94. The quantitative estimate of drug-likeness (QED) is 0.708. The van der Waals surface area contributed by atoms with E-state index in [1.165, 1.54) is 0 Å². The lowest BCUT2D eigenvalue weighted by molar-refractivity contribution is -0.266. The van der Waals surface area contributed by atoms with Gasteiger partial charge in [0.25, 0.3) is 0 Å². The molecule has 0 aliphatic carbocycles. The first kappa shape index (κ1) is 19.9. The summed E-state index contributed by atoms with van der Waals surface area (Å²) in [5.74, 6) is 0.0251. The van der Waals surface area contributed by atoms with E-state index in [2.05, 4.69) is 13.8 Å². The normalized spacial score (nSPS) is 30.7. The summed E-state index contributed by atoms with van der Waals surface area (Å²) in [7, 11) is 3.29. The van der Waals surface area contributed by atoms with Crippen molar-refractivity contribution in [2.24, 2.45) is 17.8 Å². The number of rotatable bonds is 7. The van der Waals surface area contributed by atoms with Gasteiger partial charge in [0, 0.05) is 20.1 Å². The summed E-state index contributed by atoms with van der Waals surface area (Å²) in [6.07, 6.45) is -0.105. The van der Waals surface area contributed by atoms with Crippen LogP contribution in [0.2, 0.25) is 0 Å². The third kappa shape index (κ3) is 5.03. The topological polar surface area (TPSA) is 54.0 Å². The van der Waals surface area contributed by atoms with Gasteiger partial charge in [0.15, 0.2) is 6.29 Å². The Labute approximate surface area is 150 Å². The van der Waals surface area contributed by atoms with Gasteiger partial charge < -0.3 is 18.9 Å². The number of carbonyl (C=O) groups excluding carboxylic acids is 1. The minimum Gasteiger partial charge on any atom is -0.463 e. The Kier molecular flexibility index (Phi) is 7.41. The lowest BCUT2D eigenvalue weighted by Crippen LogP contribution is -2.52. The molecule has 2 rings (SSSR count). The number of ether oxygens (including phenoxy) is 4. The first-order chi connectivity index (χ1) is 12.0. The molecular weight excluding hydrogens is 320 g/mol. The molecule has 1 aromatic carbocycles. The molecule has 25 heavy (non-hydrogen) atoms. The molecule has 5 nitrogen and oxygen atoms in total. The van der Waals surface area contributed by atoms with Crippen LogP contribution in [-0.4, -0.2) is 45.3 Å². The third-order valence-electron chi connectivity index (χ3n) is 5.13. The molecule has 0 bridgehead atoms. The summed E-state index contributed by atoms with van der Waals surface area (Å²) in [5, 5.41) is 0. The summed E-state index contributed by atoms with van der Waals surface area (Å²) in [5.41, 5.74) is 1.12. The van der Waals surface area contributed by atoms with Gasteiger partial charge in [0.05, 0.1) is 12.0 Å². The van der Waals surface area contributed by atoms with Crippen LogP contribution in [0.25, 0.3) is 0 Å². The van der Waals surface area contributed by atoms with Crippen molar-refractivity contribution < 1.29 is 23.7 Å². The van der Waals surface area contributed by atoms with Crippen LogP contribution >= 0.6 is 0 Å². The standard InChI is InChI=1S/C20H30O5/c1-13(11-16-9-7-6-8-10-16)19(21)24-12-17-18(22-4)14(2)15(3)20(23-5)25-17/h6-10,13-15,17-18,20H,11-12H2,1-5H3/t13-,14+,15?,17?,18-,20+/m0/s1. The third-order valence-corrected chi connectivity index (χ3v) is 5.13. The Morgan fingerprint density at radius 1 is 1.12 bits per heavy atom. The van der Waals surface area contributed by atoms with Crippen molar-refractivity contribution in [3.8, 4) is 0 Å². The highest BCUT2D eigenvalue weighted by Gasteiger charge is 2.42. The predicted molar refractivity (Wildman–Crippen MR) is 95.1 cm³/mol. The van der Waals surface area contributed by atoms with E-state index in [4.69, 9.17) is 18.9 Å². The van der Waals surface area contributed by atoms with Gasteiger partial charge in [-0.2, -0.15) is 0 Å². The average molecular weight is 350 g/mol. The molecule has 0 saturated carbocycles. The highest BCUT2D eigenvalue weighted by atomic mass is 16.7. The monoisotopic (exact) mass is 350 g/mol. The van der Waals surface area contributed by atoms with Crippen molar-refractivity contribution in [1.29, 1.82) is 0 Å². The van der Waals surface area contributed by atoms with Crippen LogP contribution in [-0.2, 0) is 30.2 Å². The largest absolute Gasteiger partial charge is 0.463 e. The molecule has 0 radical (unpaired) electrons. The SMILES string of the molecule is CO[C@@H]1OC(COC(=O)[C@@H](C)Cc2ccccc2)[C@@H](OC)[C@H](C)C1C. The molecule has 0 amide bonds. The van der Waals surface area contributed by atoms with Gasteiger partial charge in [0.2, 0.25) is 0 Å². The Balaban J connectivity index is 1.90. The summed E-state index contributed by atoms with van der Waals surface area (Å²) in [6.45, 7) is 6.25. The molecule has 1 heterocycles. The van der Waals surface area contributed by atoms with E-state index >= 15 is 0 Å². The Morgan fingerprint density at radius 3 is 2.40 bits per heavy atom. The fourth-order valence-electron chi connectivity index (χ4n) is 3.39. The second-order valence-corrected chi connectivity index (χ2v) is 6.92. The maximum atomic E-state index is 12.3. The smallest absolute Gasteiger partial charge is 0.309 e. The number of methoxy groups -OCH3 is 2. The van der Waals surface area contributed by atoms with E-state index in [0.717, 1.165) is 5.56 Å². The molecule has 1 saturated heterocycles. The van der Waals surface area contributed by atoms with E-state index in [9.17, 15) is 4.79 Å². The molecule has 5 heteroatoms. The highest BCUT2D eigenvalue weighted by molar-refractivity contribution is 5.72. The molecule has 0 N–H and O–H groups in total. The van der Waals surface area contributed by atoms with Crippen molar-refractivity contribution in [2.75, 3.05) is 20.8 Å². The molecular formula is C20H30O5. The zero-order valence-corrected chi connectivity index (χ0v) is 15.8. The first-order valence-corrected chi connectivity index (χ1v) is 8.89. The van der Waals surface area contributed by atoms with Crippen molar-refractivity contribution >= 4 is 5.97 Å². The van der Waals surface area contributed by atoms with Crippen molar-refractivity contribution in [3.05, 3.63) is 35.9 Å². The molecule has 2 unspecified atom stereocenters. The second kappa shape index (κ2) is 9.32. The fourth-order valence-corrected chi connectivity index (χ4v) is 3.39. The summed E-state index contributed by atoms with van der Waals surface area (Å²) < 4.78 is 22.5. The summed E-state index contributed by atoms with van der Waals surface area (Å²) in [4.78, 5) is 12.3. The van der Waals surface area contributed by atoms with E-state index in [-0.39, 0.29) is 48.8 Å². The van der Waals surface area contributed by atoms with Crippen LogP contribution in [0.4, 0.5) is 0 Å². The maximum Gasteiger partial charge on any atom is 0.309 e. The van der Waals surface area contributed by atoms with Gasteiger partial charge in [-0.1, -0.05) is 51.1 Å². The summed E-state index contributed by atoms with van der Waals surface area (Å²) >= 11 is 0. The first-order valence-electron chi connectivity index (χ1n) is 8.89. The van der Waals surface area contributed by atoms with Gasteiger partial charge in [-0.3, -0.25) is 4.79 Å². The van der Waals surface area contributed by atoms with E-state index in [1.54, 1.807) is 14.2 Å². The van der Waals surface area contributed by atoms with Crippen molar-refractivity contribution in [3.63, 3.8) is 0 Å². The van der Waals surface area contributed by atoms with Crippen LogP contribution in [0.1, 0.15) is 26.3 Å². The van der Waals surface area contributed by atoms with Gasteiger partial charge in [0.1, 0.15) is 12.7 Å². The zero-order chi connectivity index (χ0) is 18.4. The zero-order valence-electron chi connectivity index (χ0n) is 15.8. The van der Waals surface area contributed by atoms with E-state index in [0.29, 0.717) is 6.42 Å². The average Bonchev–Trinajstić information content (AvgIpc) is 2.63. The maximum absolute atomic E-state index is 12.3. The molecule has 1 aromatic rings. The lowest BCUT2D eigenvalue weighted by Gasteiger charge is -2.43. The minimum absolute atomic E-state index is 0.126. The molecule has 0 aromatic heterocycles. The number of carbonyl (C=O) groups is 1. The van der Waals surface area contributed by atoms with Crippen LogP contribution in [0.15, 0.2) is 30.3 Å². The Bertz CT molecular complexity index is 532. The molecule has 140 valence electrons. The molecule has 6 atom stereocenters. The van der Waals surface area contributed by atoms with Crippen LogP contribution < -0.4 is 0 Å². The molecule has 1 aliphatic rings. The Morgan fingerprint density at radius 2 is 1.80 bits per heavy atom. The van der Waals surface area contributed by atoms with E-state index < -0.39 is 0 Å². The molecule has 0 spiro atoms. The predicted octanol–water partition coefficient (Wildman–Crippen LogP) is 3.07. The number of hydrogen-bond acceptors (Lipinski definition) is 5. The molecule has 1 aliphatic heterocycles. The van der Waals surface area contributed by atoms with Crippen molar-refractivity contribution in [2.45, 2.75) is 45.7 Å². The number of hydrogen-bond donors (Lipinski definition) is 0. The number of esters is 1. The van der Waals surface area contributed by atoms with Crippen LogP contribution in [0, 0.1) is 17.8 Å². The lowest BCUT2D eigenvalue weighted by atomic mass is 9.84. The second-order valence-electron chi connectivity index (χ2n) is 6.92. The fraction of sp³-hybridized carbons (Fsp3) is 0.650. The van der Waals surface area contributed by atoms with Gasteiger partial charge in [-0.05, 0) is 17.9 Å². The van der Waals surface area contributed by atoms with Gasteiger partial charge in [-0.15, -0.1) is 0 Å². The van der Waals surface area contributed by atoms with E-state index in [1.807, 2.05) is 37.3 Å². The Hall–Kier alpha value is -1.43. The van der Waals surface area contributed by atoms with Gasteiger partial charge in [-0.25, -0.2) is 0 Å². The number of benzene rings is 1. The molecule has 1 fully saturated rings. The highest BCUT2D eigenvalue weighted by Crippen LogP contribution is 2.32. The van der Waals surface area contributed by atoms with Crippen LogP contribution in [0.5, 0.6) is 0 Å². The minimum atomic E-state index is -0.325. The van der Waals surface area contributed by atoms with Gasteiger partial charge >= 0.3 is 5.97 Å². The van der Waals surface area contributed by atoms with Crippen LogP contribution in [0.3, 0.4) is 0 Å². The van der Waals surface area contributed by atoms with Crippen molar-refractivity contribution in [1.82, 2.24) is 0 Å².